The summed E-state index contributed by atoms with van der Waals surface area (Å²) in [7, 11) is -3.82. The molecule has 1 aromatic carbocycles. The van der Waals surface area contributed by atoms with E-state index in [-0.39, 0.29) is 11.3 Å². The Morgan fingerprint density at radius 3 is 2.74 bits per heavy atom. The minimum Gasteiger partial charge on any atom is -0.367 e. The van der Waals surface area contributed by atoms with Crippen LogP contribution >= 0.6 is 11.6 Å². The van der Waals surface area contributed by atoms with E-state index in [2.05, 4.69) is 20.0 Å². The molecule has 0 spiro atoms. The fourth-order valence-corrected chi connectivity index (χ4v) is 4.24. The lowest BCUT2D eigenvalue weighted by Gasteiger charge is -2.18. The van der Waals surface area contributed by atoms with Crippen molar-refractivity contribution in [2.75, 3.05) is 10.5 Å². The summed E-state index contributed by atoms with van der Waals surface area (Å²) in [5, 5.41) is 2.30. The lowest BCUT2D eigenvalue weighted by atomic mass is 9.97. The van der Waals surface area contributed by atoms with Crippen LogP contribution < -0.4 is 10.0 Å². The largest absolute Gasteiger partial charge is 0.367 e. The number of anilines is 1. The molecule has 2 unspecified atom stereocenters. The zero-order chi connectivity index (χ0) is 19.8. The first-order chi connectivity index (χ1) is 12.7. The van der Waals surface area contributed by atoms with Gasteiger partial charge in [-0.3, -0.25) is 19.5 Å². The molecule has 11 heteroatoms. The number of hydrogen-bond donors (Lipinski definition) is 2. The SMILES string of the molecule is CCCS(=O)(=O)Nc1cc(F)c(F)c(C(=O)C2=CNC3N=CC=NC23)c1Cl. The summed E-state index contributed by atoms with van der Waals surface area (Å²) in [4.78, 5) is 21.0. The third kappa shape index (κ3) is 3.72. The third-order valence-corrected chi connectivity index (χ3v) is 5.84. The van der Waals surface area contributed by atoms with Gasteiger partial charge < -0.3 is 5.32 Å². The number of rotatable bonds is 6. The number of fused-ring (bicyclic) bond motifs is 1. The standard InChI is InChI=1S/C16H15ClF2N4O3S/c1-2-5-27(25,26)23-10-6-9(18)13(19)11(12(10)17)15(24)8-7-22-16-14(8)20-3-4-21-16/h3-4,6-7,14,16,22-23H,2,5H2,1H3. The van der Waals surface area contributed by atoms with Gasteiger partial charge in [-0.25, -0.2) is 17.2 Å². The Bertz CT molecular complexity index is 992. The Labute approximate surface area is 159 Å². The van der Waals surface area contributed by atoms with Crippen LogP contribution in [0.4, 0.5) is 14.5 Å². The molecule has 3 rings (SSSR count). The van der Waals surface area contributed by atoms with Crippen LogP contribution in [0.15, 0.2) is 27.8 Å². The molecule has 0 aliphatic carbocycles. The predicted molar refractivity (Wildman–Crippen MR) is 99.2 cm³/mol. The van der Waals surface area contributed by atoms with Crippen LogP contribution in [0.2, 0.25) is 5.02 Å². The zero-order valence-corrected chi connectivity index (χ0v) is 15.6. The second-order valence-corrected chi connectivity index (χ2v) is 8.13. The van der Waals surface area contributed by atoms with Crippen LogP contribution in [0.25, 0.3) is 0 Å². The lowest BCUT2D eigenvalue weighted by Crippen LogP contribution is -2.32. The molecule has 7 nitrogen and oxygen atoms in total. The Morgan fingerprint density at radius 2 is 2.04 bits per heavy atom. The van der Waals surface area contributed by atoms with E-state index in [4.69, 9.17) is 11.6 Å². The Hall–Kier alpha value is -2.33. The van der Waals surface area contributed by atoms with Crippen LogP contribution in [-0.4, -0.2) is 44.6 Å². The second kappa shape index (κ2) is 7.35. The first-order valence-corrected chi connectivity index (χ1v) is 10.0. The van der Waals surface area contributed by atoms with Crippen molar-refractivity contribution in [3.05, 3.63) is 40.1 Å². The van der Waals surface area contributed by atoms with Crippen molar-refractivity contribution in [1.82, 2.24) is 5.32 Å². The number of nitrogens with one attached hydrogen (secondary N) is 2. The predicted octanol–water partition coefficient (Wildman–Crippen LogP) is 2.29. The maximum atomic E-state index is 14.4. The van der Waals surface area contributed by atoms with Crippen LogP contribution in [0, 0.1) is 11.6 Å². The Balaban J connectivity index is 2.01. The van der Waals surface area contributed by atoms with E-state index in [1.807, 2.05) is 0 Å². The van der Waals surface area contributed by atoms with E-state index in [9.17, 15) is 22.0 Å². The minimum absolute atomic E-state index is 0.0434. The molecule has 0 saturated carbocycles. The second-order valence-electron chi connectivity index (χ2n) is 5.91. The number of nitrogens with zero attached hydrogens (tertiary/aromatic N) is 2. The summed E-state index contributed by atoms with van der Waals surface area (Å²) < 4.78 is 54.4. The number of benzene rings is 1. The van der Waals surface area contributed by atoms with Crippen molar-refractivity contribution >= 4 is 45.5 Å². The van der Waals surface area contributed by atoms with Gasteiger partial charge in [-0.2, -0.15) is 0 Å². The number of sulfonamides is 1. The quantitative estimate of drug-likeness (QED) is 0.549. The molecule has 2 aliphatic heterocycles. The number of aliphatic imine (C=N–C) groups is 2. The van der Waals surface area contributed by atoms with Gasteiger partial charge in [0.2, 0.25) is 10.0 Å². The van der Waals surface area contributed by atoms with E-state index >= 15 is 0 Å². The molecule has 0 radical (unpaired) electrons. The van der Waals surface area contributed by atoms with E-state index in [1.54, 1.807) is 6.92 Å². The first kappa shape index (κ1) is 19.4. The van der Waals surface area contributed by atoms with Gasteiger partial charge in [-0.15, -0.1) is 0 Å². The molecule has 0 aromatic heterocycles. The number of carbonyl (C=O) groups is 1. The summed E-state index contributed by atoms with van der Waals surface area (Å²) >= 11 is 6.07. The molecule has 27 heavy (non-hydrogen) atoms. The van der Waals surface area contributed by atoms with Gasteiger partial charge in [0.25, 0.3) is 0 Å². The molecule has 2 atom stereocenters. The maximum Gasteiger partial charge on any atom is 0.232 e. The third-order valence-electron chi connectivity index (χ3n) is 3.97. The highest BCUT2D eigenvalue weighted by atomic mass is 35.5. The van der Waals surface area contributed by atoms with Gasteiger partial charge in [0.05, 0.1) is 22.0 Å². The number of ketones is 1. The van der Waals surface area contributed by atoms with Crippen molar-refractivity contribution in [2.45, 2.75) is 25.6 Å². The normalized spacial score (nSPS) is 20.8. The topological polar surface area (TPSA) is 100.0 Å². The highest BCUT2D eigenvalue weighted by molar-refractivity contribution is 7.92. The van der Waals surface area contributed by atoms with Crippen LogP contribution in [-0.2, 0) is 10.0 Å². The summed E-state index contributed by atoms with van der Waals surface area (Å²) in [6.07, 6.45) is 3.95. The van der Waals surface area contributed by atoms with Crippen LogP contribution in [0.5, 0.6) is 0 Å². The van der Waals surface area contributed by atoms with Gasteiger partial charge in [0, 0.05) is 30.3 Å². The fourth-order valence-electron chi connectivity index (χ4n) is 2.78. The molecule has 0 saturated heterocycles. The molecule has 1 aromatic rings. The van der Waals surface area contributed by atoms with Gasteiger partial charge >= 0.3 is 0 Å². The van der Waals surface area contributed by atoms with Crippen molar-refractivity contribution in [2.24, 2.45) is 9.98 Å². The average molecular weight is 417 g/mol. The summed E-state index contributed by atoms with van der Waals surface area (Å²) in [5.74, 6) is -4.00. The van der Waals surface area contributed by atoms with Crippen LogP contribution in [0.1, 0.15) is 23.7 Å². The van der Waals surface area contributed by atoms with Crippen molar-refractivity contribution in [1.29, 1.82) is 0 Å². The van der Waals surface area contributed by atoms with Crippen molar-refractivity contribution in [3.8, 4) is 0 Å². The van der Waals surface area contributed by atoms with Gasteiger partial charge in [0.15, 0.2) is 17.4 Å². The molecular weight excluding hydrogens is 402 g/mol. The molecule has 0 bridgehead atoms. The average Bonchev–Trinajstić information content (AvgIpc) is 3.03. The number of Topliss-reactive ketones (excluding diaryl/α,β-unsaturated/α-hetero) is 1. The van der Waals surface area contributed by atoms with E-state index in [0.717, 1.165) is 0 Å². The monoisotopic (exact) mass is 416 g/mol. The molecule has 2 aliphatic rings. The van der Waals surface area contributed by atoms with Gasteiger partial charge in [-0.1, -0.05) is 18.5 Å². The van der Waals surface area contributed by atoms with Gasteiger partial charge in [0.1, 0.15) is 12.2 Å². The fraction of sp³-hybridized carbons (Fsp3) is 0.312. The van der Waals surface area contributed by atoms with Crippen molar-refractivity contribution < 1.29 is 22.0 Å². The van der Waals surface area contributed by atoms with E-state index in [1.165, 1.54) is 18.6 Å². The van der Waals surface area contributed by atoms with Crippen LogP contribution in [0.3, 0.4) is 0 Å². The number of hydrogen-bond acceptors (Lipinski definition) is 6. The molecule has 144 valence electrons. The molecule has 0 fully saturated rings. The zero-order valence-electron chi connectivity index (χ0n) is 14.0. The maximum absolute atomic E-state index is 14.4. The summed E-state index contributed by atoms with van der Waals surface area (Å²) in [5.41, 5.74) is -1.12. The van der Waals surface area contributed by atoms with E-state index in [0.29, 0.717) is 12.5 Å². The smallest absolute Gasteiger partial charge is 0.232 e. The summed E-state index contributed by atoms with van der Waals surface area (Å²) in [6.45, 7) is 1.64. The first-order valence-electron chi connectivity index (χ1n) is 7.99. The minimum atomic E-state index is -3.82. The van der Waals surface area contributed by atoms with E-state index < -0.39 is 55.9 Å². The molecule has 2 heterocycles. The molecule has 2 N–H and O–H groups in total. The highest BCUT2D eigenvalue weighted by Gasteiger charge is 2.37. The lowest BCUT2D eigenvalue weighted by molar-refractivity contribution is 0.102. The highest BCUT2D eigenvalue weighted by Crippen LogP contribution is 2.34. The molecule has 0 amide bonds. The Kier molecular flexibility index (Phi) is 5.29. The number of halogens is 3. The Morgan fingerprint density at radius 1 is 1.33 bits per heavy atom. The number of carbonyl (C=O) groups excluding carboxylic acids is 1. The van der Waals surface area contributed by atoms with Gasteiger partial charge in [-0.05, 0) is 6.42 Å². The summed E-state index contributed by atoms with van der Waals surface area (Å²) in [6, 6.07) is -0.101. The molecular formula is C16H15ClF2N4O3S. The van der Waals surface area contributed by atoms with Crippen molar-refractivity contribution in [3.63, 3.8) is 0 Å².